The smallest absolute Gasteiger partial charge is 0.339 e. The minimum atomic E-state index is -1.02. The van der Waals surface area contributed by atoms with Crippen molar-refractivity contribution in [2.45, 2.75) is 0 Å². The maximum atomic E-state index is 10.7. The second kappa shape index (κ2) is 4.30. The predicted octanol–water partition coefficient (Wildman–Crippen LogP) is 1.75. The zero-order chi connectivity index (χ0) is 9.68. The lowest BCUT2D eigenvalue weighted by atomic mass is 10.2. The van der Waals surface area contributed by atoms with E-state index in [0.717, 1.165) is 0 Å². The SMILES string of the molecule is C=CCOc1[c]cccc1C(=O)O. The molecule has 0 aromatic heterocycles. The van der Waals surface area contributed by atoms with E-state index < -0.39 is 5.97 Å². The summed E-state index contributed by atoms with van der Waals surface area (Å²) in [4.78, 5) is 10.7. The third-order valence-corrected chi connectivity index (χ3v) is 1.39. The van der Waals surface area contributed by atoms with Crippen LogP contribution >= 0.6 is 0 Å². The summed E-state index contributed by atoms with van der Waals surface area (Å²) in [5.74, 6) is -0.772. The second-order valence-electron chi connectivity index (χ2n) is 2.32. The topological polar surface area (TPSA) is 46.5 Å². The molecular formula is C10H9O3. The van der Waals surface area contributed by atoms with Crippen LogP contribution in [0.5, 0.6) is 5.75 Å². The van der Waals surface area contributed by atoms with Gasteiger partial charge in [0.2, 0.25) is 0 Å². The molecule has 1 rings (SSSR count). The molecule has 1 aromatic carbocycles. The van der Waals surface area contributed by atoms with Crippen molar-refractivity contribution in [3.63, 3.8) is 0 Å². The minimum absolute atomic E-state index is 0.115. The number of carbonyl (C=O) groups is 1. The molecule has 0 heterocycles. The van der Waals surface area contributed by atoms with Crippen molar-refractivity contribution in [2.24, 2.45) is 0 Å². The van der Waals surface area contributed by atoms with E-state index in [9.17, 15) is 4.79 Å². The Balaban J connectivity index is 2.90. The predicted molar refractivity (Wildman–Crippen MR) is 47.9 cm³/mol. The molecule has 3 heteroatoms. The van der Waals surface area contributed by atoms with E-state index in [1.54, 1.807) is 18.2 Å². The van der Waals surface area contributed by atoms with E-state index >= 15 is 0 Å². The first-order chi connectivity index (χ1) is 6.25. The molecule has 0 saturated heterocycles. The summed E-state index contributed by atoms with van der Waals surface area (Å²) < 4.78 is 5.09. The van der Waals surface area contributed by atoms with Crippen molar-refractivity contribution >= 4 is 5.97 Å². The molecule has 0 aliphatic rings. The molecule has 0 bridgehead atoms. The van der Waals surface area contributed by atoms with E-state index in [4.69, 9.17) is 9.84 Å². The molecule has 0 aliphatic carbocycles. The zero-order valence-electron chi connectivity index (χ0n) is 6.99. The number of carboxylic acid groups (broad SMARTS) is 1. The Kier molecular flexibility index (Phi) is 3.09. The fourth-order valence-electron chi connectivity index (χ4n) is 0.852. The van der Waals surface area contributed by atoms with Gasteiger partial charge in [-0.05, 0) is 6.07 Å². The summed E-state index contributed by atoms with van der Waals surface area (Å²) in [5.41, 5.74) is 0.115. The second-order valence-corrected chi connectivity index (χ2v) is 2.32. The normalized spacial score (nSPS) is 9.23. The molecule has 1 aromatic rings. The Hall–Kier alpha value is -1.77. The van der Waals surface area contributed by atoms with Gasteiger partial charge in [-0.25, -0.2) is 4.79 Å². The summed E-state index contributed by atoms with van der Waals surface area (Å²) in [7, 11) is 0. The molecule has 3 nitrogen and oxygen atoms in total. The lowest BCUT2D eigenvalue weighted by Gasteiger charge is -2.05. The fraction of sp³-hybridized carbons (Fsp3) is 0.100. The van der Waals surface area contributed by atoms with Gasteiger partial charge in [-0.2, -0.15) is 0 Å². The summed E-state index contributed by atoms with van der Waals surface area (Å²) in [6.45, 7) is 3.74. The van der Waals surface area contributed by atoms with Gasteiger partial charge in [-0.3, -0.25) is 0 Å². The standard InChI is InChI=1S/C10H9O3/c1-2-7-13-9-6-4-3-5-8(9)10(11)12/h2-5H,1,7H2,(H,11,12). The molecule has 1 radical (unpaired) electrons. The number of hydrogen-bond acceptors (Lipinski definition) is 2. The zero-order valence-corrected chi connectivity index (χ0v) is 6.99. The number of carboxylic acids is 1. The Bertz CT molecular complexity index is 318. The van der Waals surface area contributed by atoms with Gasteiger partial charge >= 0.3 is 5.97 Å². The molecule has 0 unspecified atom stereocenters. The van der Waals surface area contributed by atoms with Crippen LogP contribution in [0.25, 0.3) is 0 Å². The monoisotopic (exact) mass is 177 g/mol. The van der Waals surface area contributed by atoms with Crippen molar-refractivity contribution in [1.29, 1.82) is 0 Å². The van der Waals surface area contributed by atoms with Gasteiger partial charge in [0.25, 0.3) is 0 Å². The average Bonchev–Trinajstić information content (AvgIpc) is 2.15. The number of benzene rings is 1. The number of aromatic carboxylic acids is 1. The Morgan fingerprint density at radius 3 is 3.15 bits per heavy atom. The van der Waals surface area contributed by atoms with Crippen molar-refractivity contribution in [1.82, 2.24) is 0 Å². The van der Waals surface area contributed by atoms with E-state index in [0.29, 0.717) is 0 Å². The van der Waals surface area contributed by atoms with Crippen LogP contribution in [0, 0.1) is 6.07 Å². The van der Waals surface area contributed by atoms with Crippen LogP contribution in [0.4, 0.5) is 0 Å². The number of para-hydroxylation sites is 1. The van der Waals surface area contributed by atoms with Crippen LogP contribution in [-0.4, -0.2) is 17.7 Å². The van der Waals surface area contributed by atoms with Crippen LogP contribution in [0.3, 0.4) is 0 Å². The highest BCUT2D eigenvalue weighted by atomic mass is 16.5. The molecule has 0 amide bonds. The first-order valence-electron chi connectivity index (χ1n) is 3.73. The Labute approximate surface area is 76.3 Å². The largest absolute Gasteiger partial charge is 0.488 e. The highest BCUT2D eigenvalue weighted by Gasteiger charge is 2.09. The molecule has 67 valence electrons. The third-order valence-electron chi connectivity index (χ3n) is 1.39. The summed E-state index contributed by atoms with van der Waals surface area (Å²) in [6, 6.07) is 7.38. The third kappa shape index (κ3) is 2.33. The first-order valence-corrected chi connectivity index (χ1v) is 3.73. The van der Waals surface area contributed by atoms with Crippen LogP contribution in [0.2, 0.25) is 0 Å². The summed E-state index contributed by atoms with van der Waals surface area (Å²) in [6.07, 6.45) is 1.55. The van der Waals surface area contributed by atoms with Gasteiger partial charge in [0, 0.05) is 6.07 Å². The molecule has 0 fully saturated rings. The molecule has 13 heavy (non-hydrogen) atoms. The highest BCUT2D eigenvalue weighted by Crippen LogP contribution is 2.16. The van der Waals surface area contributed by atoms with Crippen molar-refractivity contribution in [3.8, 4) is 5.75 Å². The van der Waals surface area contributed by atoms with Crippen molar-refractivity contribution < 1.29 is 14.6 Å². The van der Waals surface area contributed by atoms with Crippen molar-refractivity contribution in [2.75, 3.05) is 6.61 Å². The van der Waals surface area contributed by atoms with Gasteiger partial charge < -0.3 is 9.84 Å². The minimum Gasteiger partial charge on any atom is -0.488 e. The fourth-order valence-corrected chi connectivity index (χ4v) is 0.852. The number of ether oxygens (including phenoxy) is 1. The van der Waals surface area contributed by atoms with E-state index in [-0.39, 0.29) is 17.9 Å². The Morgan fingerprint density at radius 2 is 2.54 bits per heavy atom. The van der Waals surface area contributed by atoms with Crippen molar-refractivity contribution in [3.05, 3.63) is 42.5 Å². The van der Waals surface area contributed by atoms with E-state index in [1.165, 1.54) is 6.07 Å². The van der Waals surface area contributed by atoms with E-state index in [1.807, 2.05) is 0 Å². The summed E-state index contributed by atoms with van der Waals surface area (Å²) in [5, 5.41) is 8.74. The molecular weight excluding hydrogens is 168 g/mol. The molecule has 0 atom stereocenters. The summed E-state index contributed by atoms with van der Waals surface area (Å²) >= 11 is 0. The maximum absolute atomic E-state index is 10.7. The van der Waals surface area contributed by atoms with Gasteiger partial charge in [0.05, 0.1) is 0 Å². The first kappa shape index (κ1) is 9.32. The molecule has 1 N–H and O–H groups in total. The van der Waals surface area contributed by atoms with E-state index in [2.05, 4.69) is 12.6 Å². The van der Waals surface area contributed by atoms with Crippen LogP contribution in [0.15, 0.2) is 30.9 Å². The van der Waals surface area contributed by atoms with Gasteiger partial charge in [-0.1, -0.05) is 24.8 Å². The lowest BCUT2D eigenvalue weighted by molar-refractivity contribution is 0.0693. The highest BCUT2D eigenvalue weighted by molar-refractivity contribution is 5.90. The van der Waals surface area contributed by atoms with Crippen LogP contribution in [-0.2, 0) is 0 Å². The Morgan fingerprint density at radius 1 is 1.77 bits per heavy atom. The quantitative estimate of drug-likeness (QED) is 0.712. The molecule has 0 spiro atoms. The average molecular weight is 177 g/mol. The number of hydrogen-bond donors (Lipinski definition) is 1. The lowest BCUT2D eigenvalue weighted by Crippen LogP contribution is -2.02. The van der Waals surface area contributed by atoms with Gasteiger partial charge in [0.15, 0.2) is 0 Å². The molecule has 0 saturated carbocycles. The number of rotatable bonds is 4. The van der Waals surface area contributed by atoms with Crippen LogP contribution in [0.1, 0.15) is 10.4 Å². The van der Waals surface area contributed by atoms with Gasteiger partial charge in [0.1, 0.15) is 17.9 Å². The molecule has 0 aliphatic heterocycles. The van der Waals surface area contributed by atoms with Gasteiger partial charge in [-0.15, -0.1) is 0 Å². The maximum Gasteiger partial charge on any atom is 0.339 e. The van der Waals surface area contributed by atoms with Crippen LogP contribution < -0.4 is 4.74 Å².